The van der Waals surface area contributed by atoms with Crippen LogP contribution in [-0.4, -0.2) is 44.2 Å². The van der Waals surface area contributed by atoms with Crippen LogP contribution in [0.5, 0.6) is 0 Å². The Balaban J connectivity index is 1.83. The molecule has 0 bridgehead atoms. The molecule has 3 rings (SSSR count). The van der Waals surface area contributed by atoms with Gasteiger partial charge in [0.1, 0.15) is 23.3 Å². The first-order valence-corrected chi connectivity index (χ1v) is 11.8. The average Bonchev–Trinajstić information content (AvgIpc) is 2.95. The summed E-state index contributed by atoms with van der Waals surface area (Å²) in [4.78, 5) is 14.1. The second-order valence-electron chi connectivity index (χ2n) is 7.47. The molecule has 1 fully saturated rings. The van der Waals surface area contributed by atoms with Gasteiger partial charge in [-0.15, -0.1) is 0 Å². The second kappa shape index (κ2) is 9.86. The monoisotopic (exact) mass is 473 g/mol. The average molecular weight is 473 g/mol. The Bertz CT molecular complexity index is 1090. The van der Waals surface area contributed by atoms with Crippen molar-refractivity contribution in [2.75, 3.05) is 24.2 Å². The number of hydrogen-bond donors (Lipinski definition) is 2. The van der Waals surface area contributed by atoms with Gasteiger partial charge in [-0.3, -0.25) is 0 Å². The first-order chi connectivity index (χ1) is 15.1. The molecule has 2 aromatic carbocycles. The van der Waals surface area contributed by atoms with Crippen LogP contribution in [0.4, 0.5) is 28.0 Å². The molecule has 1 atom stereocenters. The Morgan fingerprint density at radius 2 is 1.75 bits per heavy atom. The minimum absolute atomic E-state index is 0.0626. The van der Waals surface area contributed by atoms with Crippen molar-refractivity contribution in [2.24, 2.45) is 0 Å². The highest BCUT2D eigenvalue weighted by Gasteiger charge is 2.26. The van der Waals surface area contributed by atoms with Gasteiger partial charge >= 0.3 is 6.03 Å². The third-order valence-electron chi connectivity index (χ3n) is 5.26. The highest BCUT2D eigenvalue weighted by Crippen LogP contribution is 2.35. The van der Waals surface area contributed by atoms with Gasteiger partial charge < -0.3 is 10.2 Å². The summed E-state index contributed by atoms with van der Waals surface area (Å²) in [5.41, 5.74) is -1.67. The Hall–Kier alpha value is -2.66. The summed E-state index contributed by atoms with van der Waals surface area (Å²) >= 11 is 0. The SMILES string of the molecule is CCS(=O)(=O)N[C@H]1CCCN(C(=O)Nc2c(F)cc(F)cc2-c2c(F)cccc2F)CC1. The molecule has 2 amide bonds. The number of halogens is 4. The number of sulfonamides is 1. The largest absolute Gasteiger partial charge is 0.324 e. The van der Waals surface area contributed by atoms with Crippen molar-refractivity contribution in [1.29, 1.82) is 0 Å². The molecule has 11 heteroatoms. The number of amides is 2. The Morgan fingerprint density at radius 3 is 2.41 bits per heavy atom. The van der Waals surface area contributed by atoms with Crippen molar-refractivity contribution in [3.63, 3.8) is 0 Å². The molecule has 32 heavy (non-hydrogen) atoms. The van der Waals surface area contributed by atoms with Crippen LogP contribution in [0.15, 0.2) is 30.3 Å². The highest BCUT2D eigenvalue weighted by atomic mass is 32.2. The van der Waals surface area contributed by atoms with Crippen molar-refractivity contribution in [3.8, 4) is 11.1 Å². The smallest absolute Gasteiger partial charge is 0.321 e. The summed E-state index contributed by atoms with van der Waals surface area (Å²) in [5, 5.41) is 2.30. The van der Waals surface area contributed by atoms with Gasteiger partial charge in [0.15, 0.2) is 0 Å². The van der Waals surface area contributed by atoms with E-state index in [9.17, 15) is 30.8 Å². The minimum Gasteiger partial charge on any atom is -0.324 e. The highest BCUT2D eigenvalue weighted by molar-refractivity contribution is 7.89. The van der Waals surface area contributed by atoms with E-state index in [2.05, 4.69) is 10.0 Å². The summed E-state index contributed by atoms with van der Waals surface area (Å²) in [5.74, 6) is -4.37. The van der Waals surface area contributed by atoms with Crippen molar-refractivity contribution < 1.29 is 30.8 Å². The summed E-state index contributed by atoms with van der Waals surface area (Å²) in [6.45, 7) is 1.96. The van der Waals surface area contributed by atoms with Crippen molar-refractivity contribution in [2.45, 2.75) is 32.2 Å². The maximum atomic E-state index is 14.6. The molecule has 0 aromatic heterocycles. The maximum absolute atomic E-state index is 14.6. The van der Waals surface area contributed by atoms with Gasteiger partial charge in [0.2, 0.25) is 10.0 Å². The first kappa shape index (κ1) is 24.0. The molecule has 0 saturated carbocycles. The van der Waals surface area contributed by atoms with Crippen LogP contribution in [0.3, 0.4) is 0 Å². The molecule has 1 heterocycles. The normalized spacial score (nSPS) is 17.2. The summed E-state index contributed by atoms with van der Waals surface area (Å²) < 4.78 is 83.1. The lowest BCUT2D eigenvalue weighted by Crippen LogP contribution is -2.38. The van der Waals surface area contributed by atoms with E-state index in [0.29, 0.717) is 25.3 Å². The third-order valence-corrected chi connectivity index (χ3v) is 6.71. The Morgan fingerprint density at radius 1 is 1.06 bits per heavy atom. The molecule has 1 aliphatic heterocycles. The Kier molecular flexibility index (Phi) is 7.40. The van der Waals surface area contributed by atoms with E-state index >= 15 is 0 Å². The van der Waals surface area contributed by atoms with E-state index in [1.165, 1.54) is 11.8 Å². The standard InChI is InChI=1S/C21H23F4N3O3S/c1-2-32(30,31)27-14-5-4-9-28(10-8-14)21(29)26-20-15(11-13(22)12-18(20)25)19-16(23)6-3-7-17(19)24/h3,6-7,11-12,14,27H,2,4-5,8-10H2,1H3,(H,26,29)/t14-/m0/s1. The number of urea groups is 1. The zero-order valence-corrected chi connectivity index (χ0v) is 18.1. The zero-order valence-electron chi connectivity index (χ0n) is 17.3. The number of anilines is 1. The van der Waals surface area contributed by atoms with E-state index in [4.69, 9.17) is 0 Å². The number of carbonyl (C=O) groups excluding carboxylic acids is 1. The van der Waals surface area contributed by atoms with Crippen molar-refractivity contribution in [3.05, 3.63) is 53.6 Å². The number of carbonyl (C=O) groups is 1. The predicted octanol–water partition coefficient (Wildman–Crippen LogP) is 4.24. The fourth-order valence-corrected chi connectivity index (χ4v) is 4.50. The third kappa shape index (κ3) is 5.57. The predicted molar refractivity (Wildman–Crippen MR) is 113 cm³/mol. The van der Waals surface area contributed by atoms with E-state index in [1.54, 1.807) is 0 Å². The molecule has 0 spiro atoms. The van der Waals surface area contributed by atoms with Gasteiger partial charge in [-0.2, -0.15) is 0 Å². The van der Waals surface area contributed by atoms with Gasteiger partial charge in [-0.25, -0.2) is 35.5 Å². The van der Waals surface area contributed by atoms with Crippen LogP contribution in [0.25, 0.3) is 11.1 Å². The van der Waals surface area contributed by atoms with Gasteiger partial charge in [0.05, 0.1) is 17.0 Å². The summed E-state index contributed by atoms with van der Waals surface area (Å²) in [6.07, 6.45) is 1.35. The van der Waals surface area contributed by atoms with Crippen LogP contribution >= 0.6 is 0 Å². The maximum Gasteiger partial charge on any atom is 0.321 e. The van der Waals surface area contributed by atoms with Gasteiger partial charge in [-0.05, 0) is 44.4 Å². The number of nitrogens with zero attached hydrogens (tertiary/aromatic N) is 1. The van der Waals surface area contributed by atoms with E-state index < -0.39 is 56.1 Å². The molecule has 1 aliphatic rings. The topological polar surface area (TPSA) is 78.5 Å². The fourth-order valence-electron chi connectivity index (χ4n) is 3.59. The molecule has 6 nitrogen and oxygen atoms in total. The number of hydrogen-bond acceptors (Lipinski definition) is 3. The van der Waals surface area contributed by atoms with Crippen LogP contribution < -0.4 is 10.0 Å². The number of benzene rings is 2. The molecule has 0 aliphatic carbocycles. The molecule has 0 unspecified atom stereocenters. The molecule has 0 radical (unpaired) electrons. The van der Waals surface area contributed by atoms with E-state index in [0.717, 1.165) is 24.3 Å². The van der Waals surface area contributed by atoms with E-state index in [1.807, 2.05) is 0 Å². The molecule has 174 valence electrons. The molecular formula is C21H23F4N3O3S. The van der Waals surface area contributed by atoms with Crippen LogP contribution in [-0.2, 0) is 10.0 Å². The summed E-state index contributed by atoms with van der Waals surface area (Å²) in [7, 11) is -3.40. The van der Waals surface area contributed by atoms with Gasteiger partial charge in [0, 0.05) is 30.8 Å². The zero-order chi connectivity index (χ0) is 23.5. The molecule has 2 aromatic rings. The second-order valence-corrected chi connectivity index (χ2v) is 9.52. The van der Waals surface area contributed by atoms with Crippen molar-refractivity contribution >= 4 is 21.7 Å². The fraction of sp³-hybridized carbons (Fsp3) is 0.381. The number of nitrogens with one attached hydrogen (secondary N) is 2. The van der Waals surface area contributed by atoms with Gasteiger partial charge in [-0.1, -0.05) is 6.07 Å². The van der Waals surface area contributed by atoms with Crippen LogP contribution in [0.2, 0.25) is 0 Å². The lowest BCUT2D eigenvalue weighted by molar-refractivity contribution is 0.213. The lowest BCUT2D eigenvalue weighted by Gasteiger charge is -2.23. The van der Waals surface area contributed by atoms with Crippen molar-refractivity contribution in [1.82, 2.24) is 9.62 Å². The van der Waals surface area contributed by atoms with Crippen LogP contribution in [0, 0.1) is 23.3 Å². The Labute approximate surface area is 183 Å². The number of likely N-dealkylation sites (tertiary alicyclic amines) is 1. The van der Waals surface area contributed by atoms with Gasteiger partial charge in [0.25, 0.3) is 0 Å². The summed E-state index contributed by atoms with van der Waals surface area (Å²) in [6, 6.07) is 3.17. The number of rotatable bonds is 5. The minimum atomic E-state index is -3.40. The quantitative estimate of drug-likeness (QED) is 0.638. The van der Waals surface area contributed by atoms with E-state index in [-0.39, 0.29) is 24.9 Å². The van der Waals surface area contributed by atoms with Crippen LogP contribution in [0.1, 0.15) is 26.2 Å². The lowest BCUT2D eigenvalue weighted by atomic mass is 10.0. The molecule has 1 saturated heterocycles. The first-order valence-electron chi connectivity index (χ1n) is 10.1. The molecule has 2 N–H and O–H groups in total. The molecular weight excluding hydrogens is 450 g/mol.